The molecule has 1 N–H and O–H groups in total. The van der Waals surface area contributed by atoms with Crippen molar-refractivity contribution in [3.63, 3.8) is 0 Å². The normalized spacial score (nSPS) is 14.2. The lowest BCUT2D eigenvalue weighted by atomic mass is 10.00. The number of benzene rings is 2. The fourth-order valence-electron chi connectivity index (χ4n) is 3.06. The topological polar surface area (TPSA) is 15.3 Å². The molecular weight excluding hydrogens is 244 g/mol. The predicted molar refractivity (Wildman–Crippen MR) is 85.0 cm³/mol. The molecule has 0 spiro atoms. The maximum Gasteiger partial charge on any atom is 0.0432 e. The summed E-state index contributed by atoms with van der Waals surface area (Å²) < 4.78 is 0. The van der Waals surface area contributed by atoms with Gasteiger partial charge in [-0.3, -0.25) is 0 Å². The van der Waals surface area contributed by atoms with Gasteiger partial charge in [0.05, 0.1) is 0 Å². The second-order valence-corrected chi connectivity index (χ2v) is 5.45. The van der Waals surface area contributed by atoms with Gasteiger partial charge >= 0.3 is 0 Å². The van der Waals surface area contributed by atoms with Crippen LogP contribution in [0.1, 0.15) is 23.1 Å². The van der Waals surface area contributed by atoms with E-state index in [1.54, 1.807) is 0 Å². The van der Waals surface area contributed by atoms with Gasteiger partial charge in [0, 0.05) is 25.3 Å². The molecule has 1 aliphatic rings. The molecule has 0 fully saturated rings. The van der Waals surface area contributed by atoms with Crippen LogP contribution in [0.15, 0.2) is 48.5 Å². The third-order valence-electron chi connectivity index (χ3n) is 4.05. The molecule has 0 saturated carbocycles. The summed E-state index contributed by atoms with van der Waals surface area (Å²) in [4.78, 5) is 2.52. The lowest BCUT2D eigenvalue weighted by molar-refractivity contribution is 0.685. The standard InChI is InChI=1S/C18H22N2/c1-19-13-16-8-2-3-9-17(16)14-20-12-6-10-15-7-4-5-11-18(15)20/h2-5,7-9,11,19H,6,10,12-14H2,1H3. The van der Waals surface area contributed by atoms with E-state index in [0.717, 1.165) is 19.6 Å². The van der Waals surface area contributed by atoms with Gasteiger partial charge in [0.1, 0.15) is 0 Å². The summed E-state index contributed by atoms with van der Waals surface area (Å²) in [5, 5.41) is 3.26. The predicted octanol–water partition coefficient (Wildman–Crippen LogP) is 3.36. The smallest absolute Gasteiger partial charge is 0.0432 e. The summed E-state index contributed by atoms with van der Waals surface area (Å²) in [6, 6.07) is 17.6. The number of para-hydroxylation sites is 1. The zero-order valence-electron chi connectivity index (χ0n) is 12.1. The summed E-state index contributed by atoms with van der Waals surface area (Å²) in [5.41, 5.74) is 5.74. The second kappa shape index (κ2) is 6.10. The van der Waals surface area contributed by atoms with E-state index in [1.807, 2.05) is 7.05 Å². The highest BCUT2D eigenvalue weighted by molar-refractivity contribution is 5.56. The van der Waals surface area contributed by atoms with E-state index in [4.69, 9.17) is 0 Å². The maximum atomic E-state index is 3.26. The lowest BCUT2D eigenvalue weighted by Crippen LogP contribution is -2.29. The van der Waals surface area contributed by atoms with Gasteiger partial charge in [0.25, 0.3) is 0 Å². The molecule has 0 atom stereocenters. The Balaban J connectivity index is 1.86. The lowest BCUT2D eigenvalue weighted by Gasteiger charge is -2.32. The average Bonchev–Trinajstić information content (AvgIpc) is 2.50. The molecule has 2 heteroatoms. The molecular formula is C18H22N2. The monoisotopic (exact) mass is 266 g/mol. The van der Waals surface area contributed by atoms with Gasteiger partial charge in [-0.25, -0.2) is 0 Å². The fraction of sp³-hybridized carbons (Fsp3) is 0.333. The number of hydrogen-bond donors (Lipinski definition) is 1. The van der Waals surface area contributed by atoms with Crippen molar-refractivity contribution in [2.75, 3.05) is 18.5 Å². The van der Waals surface area contributed by atoms with Gasteiger partial charge in [0.15, 0.2) is 0 Å². The Morgan fingerprint density at radius 3 is 2.60 bits per heavy atom. The van der Waals surface area contributed by atoms with Crippen LogP contribution in [-0.4, -0.2) is 13.6 Å². The van der Waals surface area contributed by atoms with E-state index >= 15 is 0 Å². The minimum atomic E-state index is 0.936. The van der Waals surface area contributed by atoms with E-state index in [0.29, 0.717) is 0 Å². The molecule has 3 rings (SSSR count). The average molecular weight is 266 g/mol. The van der Waals surface area contributed by atoms with Crippen molar-refractivity contribution in [2.24, 2.45) is 0 Å². The summed E-state index contributed by atoms with van der Waals surface area (Å²) >= 11 is 0. The summed E-state index contributed by atoms with van der Waals surface area (Å²) in [6.45, 7) is 3.10. The first-order valence-corrected chi connectivity index (χ1v) is 7.42. The second-order valence-electron chi connectivity index (χ2n) is 5.45. The molecule has 2 aromatic carbocycles. The minimum Gasteiger partial charge on any atom is -0.367 e. The highest BCUT2D eigenvalue weighted by Crippen LogP contribution is 2.28. The number of nitrogens with one attached hydrogen (secondary N) is 1. The summed E-state index contributed by atoms with van der Waals surface area (Å²) in [5.74, 6) is 0. The van der Waals surface area contributed by atoms with Crippen molar-refractivity contribution < 1.29 is 0 Å². The van der Waals surface area contributed by atoms with Crippen LogP contribution in [0.3, 0.4) is 0 Å². The number of hydrogen-bond acceptors (Lipinski definition) is 2. The van der Waals surface area contributed by atoms with Gasteiger partial charge in [-0.15, -0.1) is 0 Å². The molecule has 2 nitrogen and oxygen atoms in total. The maximum absolute atomic E-state index is 3.26. The Labute approximate surface area is 121 Å². The third-order valence-corrected chi connectivity index (χ3v) is 4.05. The Morgan fingerprint density at radius 1 is 1.00 bits per heavy atom. The van der Waals surface area contributed by atoms with Crippen molar-refractivity contribution in [1.82, 2.24) is 5.32 Å². The largest absolute Gasteiger partial charge is 0.367 e. The quantitative estimate of drug-likeness (QED) is 0.913. The van der Waals surface area contributed by atoms with Crippen LogP contribution in [0, 0.1) is 0 Å². The Bertz CT molecular complexity index is 577. The summed E-state index contributed by atoms with van der Waals surface area (Å²) in [7, 11) is 2.01. The molecule has 0 aliphatic carbocycles. The van der Waals surface area contributed by atoms with Crippen LogP contribution in [0.25, 0.3) is 0 Å². The number of nitrogens with zero attached hydrogens (tertiary/aromatic N) is 1. The van der Waals surface area contributed by atoms with Crippen LogP contribution < -0.4 is 10.2 Å². The van der Waals surface area contributed by atoms with E-state index in [-0.39, 0.29) is 0 Å². The number of fused-ring (bicyclic) bond motifs is 1. The van der Waals surface area contributed by atoms with E-state index in [2.05, 4.69) is 58.7 Å². The van der Waals surface area contributed by atoms with Crippen LogP contribution in [0.5, 0.6) is 0 Å². The molecule has 1 aliphatic heterocycles. The highest BCUT2D eigenvalue weighted by Gasteiger charge is 2.17. The van der Waals surface area contributed by atoms with E-state index in [1.165, 1.54) is 35.2 Å². The number of anilines is 1. The van der Waals surface area contributed by atoms with Crippen LogP contribution in [-0.2, 0) is 19.5 Å². The Morgan fingerprint density at radius 2 is 1.75 bits per heavy atom. The molecule has 104 valence electrons. The van der Waals surface area contributed by atoms with Gasteiger partial charge < -0.3 is 10.2 Å². The van der Waals surface area contributed by atoms with Gasteiger partial charge in [-0.05, 0) is 42.6 Å². The van der Waals surface area contributed by atoms with Gasteiger partial charge in [-0.2, -0.15) is 0 Å². The molecule has 1 heterocycles. The van der Waals surface area contributed by atoms with Crippen molar-refractivity contribution in [3.05, 3.63) is 65.2 Å². The summed E-state index contributed by atoms with van der Waals surface area (Å²) in [6.07, 6.45) is 2.47. The molecule has 0 amide bonds. The highest BCUT2D eigenvalue weighted by atomic mass is 15.1. The van der Waals surface area contributed by atoms with E-state index in [9.17, 15) is 0 Å². The third kappa shape index (κ3) is 2.70. The fourth-order valence-corrected chi connectivity index (χ4v) is 3.06. The van der Waals surface area contributed by atoms with Gasteiger partial charge in [-0.1, -0.05) is 42.5 Å². The van der Waals surface area contributed by atoms with Crippen LogP contribution >= 0.6 is 0 Å². The first-order valence-electron chi connectivity index (χ1n) is 7.42. The molecule has 0 unspecified atom stereocenters. The SMILES string of the molecule is CNCc1ccccc1CN1CCCc2ccccc21. The molecule has 0 radical (unpaired) electrons. The molecule has 0 bridgehead atoms. The minimum absolute atomic E-state index is 0.936. The van der Waals surface area contributed by atoms with Crippen molar-refractivity contribution in [2.45, 2.75) is 25.9 Å². The first kappa shape index (κ1) is 13.2. The van der Waals surface area contributed by atoms with E-state index < -0.39 is 0 Å². The molecule has 0 saturated heterocycles. The van der Waals surface area contributed by atoms with Crippen molar-refractivity contribution in [3.8, 4) is 0 Å². The number of rotatable bonds is 4. The van der Waals surface area contributed by atoms with Crippen molar-refractivity contribution >= 4 is 5.69 Å². The Hall–Kier alpha value is -1.80. The van der Waals surface area contributed by atoms with Crippen LogP contribution in [0.4, 0.5) is 5.69 Å². The van der Waals surface area contributed by atoms with Crippen molar-refractivity contribution in [1.29, 1.82) is 0 Å². The zero-order valence-corrected chi connectivity index (χ0v) is 12.1. The van der Waals surface area contributed by atoms with Crippen LogP contribution in [0.2, 0.25) is 0 Å². The first-order chi connectivity index (χ1) is 9.88. The molecule has 0 aromatic heterocycles. The zero-order chi connectivity index (χ0) is 13.8. The Kier molecular flexibility index (Phi) is 4.03. The van der Waals surface area contributed by atoms with Gasteiger partial charge in [0.2, 0.25) is 0 Å². The molecule has 20 heavy (non-hydrogen) atoms. The number of aryl methyl sites for hydroxylation is 1. The molecule has 2 aromatic rings.